The molecule has 1 unspecified atom stereocenters. The number of phenolic OH excluding ortho intramolecular Hbond substituents is 2. The molecule has 2 rings (SSSR count). The van der Waals surface area contributed by atoms with Gasteiger partial charge in [0.2, 0.25) is 5.89 Å². The summed E-state index contributed by atoms with van der Waals surface area (Å²) in [5, 5.41) is 22.6. The zero-order chi connectivity index (χ0) is 14.5. The lowest BCUT2D eigenvalue weighted by Gasteiger charge is -2.07. The molecule has 0 bridgehead atoms. The van der Waals surface area contributed by atoms with Gasteiger partial charge < -0.3 is 20.5 Å². The van der Waals surface area contributed by atoms with Crippen molar-refractivity contribution in [2.24, 2.45) is 5.73 Å². The maximum atomic E-state index is 9.44. The second kappa shape index (κ2) is 6.38. The van der Waals surface area contributed by atoms with Crippen LogP contribution in [-0.4, -0.2) is 20.4 Å². The summed E-state index contributed by atoms with van der Waals surface area (Å²) < 4.78 is 5.15. The summed E-state index contributed by atoms with van der Waals surface area (Å²) >= 11 is 0. The van der Waals surface area contributed by atoms with Crippen LogP contribution >= 0.6 is 0 Å². The van der Waals surface area contributed by atoms with Crippen molar-refractivity contribution in [2.45, 2.75) is 38.6 Å². The third-order valence-corrected chi connectivity index (χ3v) is 3.05. The standard InChI is InChI=1S/C14H19N3O3/c1-2-3-4-13-16-14(20-17-13)10(15)7-9-5-6-11(18)12(19)8-9/h5-6,8,10,18-19H,2-4,7,15H2,1H3. The molecule has 0 radical (unpaired) electrons. The van der Waals surface area contributed by atoms with Crippen molar-refractivity contribution in [3.05, 3.63) is 35.5 Å². The van der Waals surface area contributed by atoms with Gasteiger partial charge in [-0.25, -0.2) is 0 Å². The SMILES string of the molecule is CCCCc1noc(C(N)Cc2ccc(O)c(O)c2)n1. The van der Waals surface area contributed by atoms with Gasteiger partial charge >= 0.3 is 0 Å². The van der Waals surface area contributed by atoms with Gasteiger partial charge in [0.25, 0.3) is 0 Å². The summed E-state index contributed by atoms with van der Waals surface area (Å²) in [6, 6.07) is 4.17. The van der Waals surface area contributed by atoms with E-state index in [0.717, 1.165) is 24.8 Å². The lowest BCUT2D eigenvalue weighted by atomic mass is 10.1. The molecule has 1 atom stereocenters. The van der Waals surface area contributed by atoms with E-state index < -0.39 is 6.04 Å². The molecule has 0 spiro atoms. The lowest BCUT2D eigenvalue weighted by Crippen LogP contribution is -2.13. The number of nitrogens with zero attached hydrogens (tertiary/aromatic N) is 2. The number of nitrogens with two attached hydrogens (primary N) is 1. The number of rotatable bonds is 6. The van der Waals surface area contributed by atoms with Crippen molar-refractivity contribution in [3.8, 4) is 11.5 Å². The van der Waals surface area contributed by atoms with Crippen LogP contribution in [0.4, 0.5) is 0 Å². The Bertz CT molecular complexity index is 569. The Labute approximate surface area is 117 Å². The van der Waals surface area contributed by atoms with Gasteiger partial charge in [-0.15, -0.1) is 0 Å². The van der Waals surface area contributed by atoms with E-state index in [1.807, 2.05) is 0 Å². The second-order valence-electron chi connectivity index (χ2n) is 4.79. The van der Waals surface area contributed by atoms with Gasteiger partial charge in [0, 0.05) is 6.42 Å². The minimum absolute atomic E-state index is 0.151. The molecule has 0 aliphatic rings. The number of unbranched alkanes of at least 4 members (excludes halogenated alkanes) is 1. The molecule has 1 aromatic heterocycles. The average Bonchev–Trinajstić information content (AvgIpc) is 2.89. The van der Waals surface area contributed by atoms with Crippen LogP contribution in [0.15, 0.2) is 22.7 Å². The Hall–Kier alpha value is -2.08. The average molecular weight is 277 g/mol. The van der Waals surface area contributed by atoms with Crippen LogP contribution in [0.2, 0.25) is 0 Å². The highest BCUT2D eigenvalue weighted by Crippen LogP contribution is 2.26. The Morgan fingerprint density at radius 2 is 2.10 bits per heavy atom. The fraction of sp³-hybridized carbons (Fsp3) is 0.429. The van der Waals surface area contributed by atoms with Gasteiger partial charge in [0.1, 0.15) is 0 Å². The molecule has 6 nitrogen and oxygen atoms in total. The third kappa shape index (κ3) is 3.48. The molecule has 0 fully saturated rings. The number of benzene rings is 1. The molecule has 6 heteroatoms. The zero-order valence-electron chi connectivity index (χ0n) is 11.4. The first-order chi connectivity index (χ1) is 9.60. The molecule has 0 aliphatic heterocycles. The van der Waals surface area contributed by atoms with Crippen molar-refractivity contribution >= 4 is 0 Å². The maximum Gasteiger partial charge on any atom is 0.243 e. The predicted molar refractivity (Wildman–Crippen MR) is 73.3 cm³/mol. The van der Waals surface area contributed by atoms with Crippen molar-refractivity contribution in [1.82, 2.24) is 10.1 Å². The van der Waals surface area contributed by atoms with Gasteiger partial charge in [-0.3, -0.25) is 0 Å². The number of aromatic nitrogens is 2. The van der Waals surface area contributed by atoms with Crippen LogP contribution in [0.25, 0.3) is 0 Å². The normalized spacial score (nSPS) is 12.5. The number of phenols is 2. The van der Waals surface area contributed by atoms with Crippen molar-refractivity contribution in [1.29, 1.82) is 0 Å². The number of hydrogen-bond acceptors (Lipinski definition) is 6. The van der Waals surface area contributed by atoms with E-state index in [-0.39, 0.29) is 11.5 Å². The maximum absolute atomic E-state index is 9.44. The van der Waals surface area contributed by atoms with Crippen LogP contribution in [-0.2, 0) is 12.8 Å². The Morgan fingerprint density at radius 3 is 2.80 bits per heavy atom. The van der Waals surface area contributed by atoms with E-state index in [4.69, 9.17) is 10.3 Å². The van der Waals surface area contributed by atoms with Gasteiger partial charge in [0.15, 0.2) is 17.3 Å². The molecule has 4 N–H and O–H groups in total. The molecule has 0 amide bonds. The third-order valence-electron chi connectivity index (χ3n) is 3.05. The number of hydrogen-bond donors (Lipinski definition) is 3. The molecule has 1 aromatic carbocycles. The van der Waals surface area contributed by atoms with E-state index >= 15 is 0 Å². The van der Waals surface area contributed by atoms with Crippen LogP contribution in [0.5, 0.6) is 11.5 Å². The molecule has 0 saturated carbocycles. The lowest BCUT2D eigenvalue weighted by molar-refractivity contribution is 0.349. The fourth-order valence-corrected chi connectivity index (χ4v) is 1.89. The minimum Gasteiger partial charge on any atom is -0.504 e. The predicted octanol–water partition coefficient (Wildman–Crippen LogP) is 2.07. The van der Waals surface area contributed by atoms with Crippen LogP contribution < -0.4 is 5.73 Å². The van der Waals surface area contributed by atoms with Crippen molar-refractivity contribution < 1.29 is 14.7 Å². The van der Waals surface area contributed by atoms with Crippen molar-refractivity contribution in [3.63, 3.8) is 0 Å². The van der Waals surface area contributed by atoms with E-state index in [1.165, 1.54) is 12.1 Å². The van der Waals surface area contributed by atoms with E-state index in [9.17, 15) is 10.2 Å². The zero-order valence-corrected chi connectivity index (χ0v) is 11.4. The van der Waals surface area contributed by atoms with E-state index in [0.29, 0.717) is 18.1 Å². The first kappa shape index (κ1) is 14.3. The Kier molecular flexibility index (Phi) is 4.57. The highest BCUT2D eigenvalue weighted by Gasteiger charge is 2.16. The fourth-order valence-electron chi connectivity index (χ4n) is 1.89. The monoisotopic (exact) mass is 277 g/mol. The highest BCUT2D eigenvalue weighted by molar-refractivity contribution is 5.40. The summed E-state index contributed by atoms with van der Waals surface area (Å²) in [6.07, 6.45) is 3.32. The van der Waals surface area contributed by atoms with Gasteiger partial charge in [-0.1, -0.05) is 24.6 Å². The summed E-state index contributed by atoms with van der Waals surface area (Å²) in [5.41, 5.74) is 6.81. The molecule has 0 aliphatic carbocycles. The molecule has 0 saturated heterocycles. The van der Waals surface area contributed by atoms with E-state index in [2.05, 4.69) is 17.1 Å². The molecule has 20 heavy (non-hydrogen) atoms. The molecular formula is C14H19N3O3. The molecule has 2 aromatic rings. The van der Waals surface area contributed by atoms with Crippen LogP contribution in [0.3, 0.4) is 0 Å². The van der Waals surface area contributed by atoms with Crippen LogP contribution in [0.1, 0.15) is 43.1 Å². The summed E-state index contributed by atoms with van der Waals surface area (Å²) in [7, 11) is 0. The van der Waals surface area contributed by atoms with Crippen LogP contribution in [0, 0.1) is 0 Å². The summed E-state index contributed by atoms with van der Waals surface area (Å²) in [6.45, 7) is 2.10. The van der Waals surface area contributed by atoms with E-state index in [1.54, 1.807) is 6.07 Å². The van der Waals surface area contributed by atoms with Gasteiger partial charge in [-0.05, 0) is 30.5 Å². The molecular weight excluding hydrogens is 258 g/mol. The second-order valence-corrected chi connectivity index (χ2v) is 4.79. The van der Waals surface area contributed by atoms with Gasteiger partial charge in [0.05, 0.1) is 6.04 Å². The minimum atomic E-state index is -0.429. The van der Waals surface area contributed by atoms with Crippen molar-refractivity contribution in [2.75, 3.05) is 0 Å². The topological polar surface area (TPSA) is 105 Å². The largest absolute Gasteiger partial charge is 0.504 e. The first-order valence-electron chi connectivity index (χ1n) is 6.69. The number of aromatic hydroxyl groups is 2. The molecule has 108 valence electrons. The van der Waals surface area contributed by atoms with Gasteiger partial charge in [-0.2, -0.15) is 4.98 Å². The summed E-state index contributed by atoms with van der Waals surface area (Å²) in [5.74, 6) is 0.750. The highest BCUT2D eigenvalue weighted by atomic mass is 16.5. The quantitative estimate of drug-likeness (QED) is 0.698. The Balaban J connectivity index is 2.01. The number of aryl methyl sites for hydroxylation is 1. The first-order valence-corrected chi connectivity index (χ1v) is 6.69. The summed E-state index contributed by atoms with van der Waals surface area (Å²) in [4.78, 5) is 4.27. The smallest absolute Gasteiger partial charge is 0.243 e. The molecule has 1 heterocycles. The Morgan fingerprint density at radius 1 is 1.30 bits per heavy atom.